The monoisotopic (exact) mass is 849 g/mol. The first-order valence-corrected chi connectivity index (χ1v) is 23.0. The van der Waals surface area contributed by atoms with Crippen molar-refractivity contribution in [2.75, 3.05) is 0 Å². The first-order valence-electron chi connectivity index (χ1n) is 23.0. The van der Waals surface area contributed by atoms with Crippen molar-refractivity contribution in [2.45, 2.75) is 5.41 Å². The third kappa shape index (κ3) is 5.43. The Bertz CT molecular complexity index is 4060. The molecule has 10 aromatic carbocycles. The van der Waals surface area contributed by atoms with Gasteiger partial charge in [0.2, 0.25) is 0 Å². The molecule has 0 bridgehead atoms. The molecule has 0 aliphatic heterocycles. The zero-order valence-electron chi connectivity index (χ0n) is 36.4. The molecule has 3 aromatic heterocycles. The second-order valence-corrected chi connectivity index (χ2v) is 17.8. The standard InChI is InChI=1S/C64H39N3/c1-3-20-43(21-4-1)64(44-22-5-2-6-23-44)56-30-13-11-24-45(56)54-38-55-53(39-57(54)64)46-25-12-14-31-58(46)67-61(55)42-18-15-17-41(37-42)59-47-26-7-9-28-49(47)60(50-29-10-8-27-48(50)59)51-34-36-66-63-52(51)33-32-40-19-16-35-65-62(40)63/h1-39H. The van der Waals surface area contributed by atoms with Gasteiger partial charge in [0, 0.05) is 39.5 Å². The van der Waals surface area contributed by atoms with E-state index in [2.05, 4.69) is 218 Å². The fraction of sp³-hybridized carbons (Fsp3) is 0.0156. The van der Waals surface area contributed by atoms with Gasteiger partial charge in [-0.25, -0.2) is 4.98 Å². The summed E-state index contributed by atoms with van der Waals surface area (Å²) in [5.41, 5.74) is 16.6. The van der Waals surface area contributed by atoms with Crippen LogP contribution in [0.25, 0.3) is 110 Å². The summed E-state index contributed by atoms with van der Waals surface area (Å²) in [6, 6.07) is 82.1. The van der Waals surface area contributed by atoms with E-state index in [4.69, 9.17) is 15.0 Å². The second-order valence-electron chi connectivity index (χ2n) is 17.8. The van der Waals surface area contributed by atoms with E-state index in [1.807, 2.05) is 18.5 Å². The molecule has 0 spiro atoms. The second kappa shape index (κ2) is 14.6. The van der Waals surface area contributed by atoms with Crippen LogP contribution in [0, 0.1) is 0 Å². The van der Waals surface area contributed by atoms with E-state index in [0.717, 1.165) is 60.5 Å². The van der Waals surface area contributed by atoms with Crippen molar-refractivity contribution in [3.63, 3.8) is 0 Å². The highest BCUT2D eigenvalue weighted by atomic mass is 14.7. The van der Waals surface area contributed by atoms with Gasteiger partial charge in [-0.1, -0.05) is 188 Å². The predicted molar refractivity (Wildman–Crippen MR) is 278 cm³/mol. The molecule has 0 N–H and O–H groups in total. The number of aromatic nitrogens is 3. The summed E-state index contributed by atoms with van der Waals surface area (Å²) in [5.74, 6) is 0. The van der Waals surface area contributed by atoms with Crippen molar-refractivity contribution in [1.82, 2.24) is 15.0 Å². The van der Waals surface area contributed by atoms with Crippen LogP contribution in [0.15, 0.2) is 237 Å². The Morgan fingerprint density at radius 2 is 0.940 bits per heavy atom. The van der Waals surface area contributed by atoms with Crippen LogP contribution in [0.4, 0.5) is 0 Å². The summed E-state index contributed by atoms with van der Waals surface area (Å²) in [6.45, 7) is 0. The molecule has 3 heterocycles. The molecule has 14 rings (SSSR count). The Kier molecular flexibility index (Phi) is 8.20. The third-order valence-corrected chi connectivity index (χ3v) is 14.4. The molecule has 0 fully saturated rings. The van der Waals surface area contributed by atoms with E-state index in [1.54, 1.807) is 0 Å². The predicted octanol–water partition coefficient (Wildman–Crippen LogP) is 16.2. The molecular weight excluding hydrogens is 811 g/mol. The maximum absolute atomic E-state index is 5.56. The van der Waals surface area contributed by atoms with Crippen molar-refractivity contribution < 1.29 is 0 Å². The lowest BCUT2D eigenvalue weighted by Crippen LogP contribution is -2.28. The molecule has 0 amide bonds. The first kappa shape index (κ1) is 37.6. The molecule has 1 aliphatic rings. The van der Waals surface area contributed by atoms with Crippen molar-refractivity contribution in [1.29, 1.82) is 0 Å². The van der Waals surface area contributed by atoms with Gasteiger partial charge >= 0.3 is 0 Å². The number of nitrogens with zero attached hydrogens (tertiary/aromatic N) is 3. The van der Waals surface area contributed by atoms with E-state index in [1.165, 1.54) is 71.4 Å². The summed E-state index contributed by atoms with van der Waals surface area (Å²) in [6.07, 6.45) is 3.79. The highest BCUT2D eigenvalue weighted by Crippen LogP contribution is 2.57. The van der Waals surface area contributed by atoms with E-state index < -0.39 is 5.41 Å². The zero-order valence-corrected chi connectivity index (χ0v) is 36.4. The van der Waals surface area contributed by atoms with Crippen molar-refractivity contribution in [2.24, 2.45) is 0 Å². The van der Waals surface area contributed by atoms with Crippen LogP contribution in [0.3, 0.4) is 0 Å². The quantitative estimate of drug-likeness (QED) is 0.128. The average Bonchev–Trinajstić information content (AvgIpc) is 3.69. The maximum atomic E-state index is 5.56. The Labute approximate surface area is 387 Å². The number of hydrogen-bond acceptors (Lipinski definition) is 3. The molecule has 0 atom stereocenters. The largest absolute Gasteiger partial charge is 0.254 e. The fourth-order valence-corrected chi connectivity index (χ4v) is 11.6. The Morgan fingerprint density at radius 3 is 1.69 bits per heavy atom. The van der Waals surface area contributed by atoms with Crippen LogP contribution < -0.4 is 0 Å². The summed E-state index contributed by atoms with van der Waals surface area (Å²) in [7, 11) is 0. The number of rotatable bonds is 5. The van der Waals surface area contributed by atoms with Gasteiger partial charge < -0.3 is 0 Å². The van der Waals surface area contributed by atoms with Gasteiger partial charge in [0.15, 0.2) is 0 Å². The van der Waals surface area contributed by atoms with Gasteiger partial charge in [0.25, 0.3) is 0 Å². The summed E-state index contributed by atoms with van der Waals surface area (Å²) < 4.78 is 0. The normalized spacial score (nSPS) is 12.9. The maximum Gasteiger partial charge on any atom is 0.0970 e. The minimum absolute atomic E-state index is 0.505. The molecule has 0 saturated carbocycles. The van der Waals surface area contributed by atoms with Crippen LogP contribution in [0.2, 0.25) is 0 Å². The highest BCUT2D eigenvalue weighted by Gasteiger charge is 2.46. The van der Waals surface area contributed by atoms with Crippen LogP contribution in [0.1, 0.15) is 22.3 Å². The molecule has 0 saturated heterocycles. The molecule has 0 radical (unpaired) electrons. The Balaban J connectivity index is 1.02. The Hall–Kier alpha value is -8.79. The van der Waals surface area contributed by atoms with Crippen LogP contribution in [-0.2, 0) is 5.41 Å². The van der Waals surface area contributed by atoms with Crippen LogP contribution in [0.5, 0.6) is 0 Å². The van der Waals surface area contributed by atoms with Crippen LogP contribution >= 0.6 is 0 Å². The zero-order chi connectivity index (χ0) is 44.1. The van der Waals surface area contributed by atoms with Crippen LogP contribution in [-0.4, -0.2) is 15.0 Å². The van der Waals surface area contributed by atoms with Gasteiger partial charge in [0.1, 0.15) is 0 Å². The van der Waals surface area contributed by atoms with Crippen molar-refractivity contribution in [3.05, 3.63) is 259 Å². The minimum atomic E-state index is -0.505. The molecular formula is C64H39N3. The molecule has 0 unspecified atom stereocenters. The van der Waals surface area contributed by atoms with Crippen molar-refractivity contribution in [3.8, 4) is 44.6 Å². The minimum Gasteiger partial charge on any atom is -0.254 e. The summed E-state index contributed by atoms with van der Waals surface area (Å²) in [4.78, 5) is 15.2. The van der Waals surface area contributed by atoms with Gasteiger partial charge in [0.05, 0.1) is 27.7 Å². The number of benzene rings is 10. The smallest absolute Gasteiger partial charge is 0.0970 e. The lowest BCUT2D eigenvalue weighted by atomic mass is 9.67. The van der Waals surface area contributed by atoms with Gasteiger partial charge in [-0.3, -0.25) is 9.97 Å². The number of pyridine rings is 3. The van der Waals surface area contributed by atoms with E-state index in [-0.39, 0.29) is 0 Å². The third-order valence-electron chi connectivity index (χ3n) is 14.4. The summed E-state index contributed by atoms with van der Waals surface area (Å²) >= 11 is 0. The lowest BCUT2D eigenvalue weighted by molar-refractivity contribution is 0.769. The molecule has 13 aromatic rings. The summed E-state index contributed by atoms with van der Waals surface area (Å²) in [5, 5.41) is 10.4. The fourth-order valence-electron chi connectivity index (χ4n) is 11.6. The molecule has 1 aliphatic carbocycles. The number of fused-ring (bicyclic) bond motifs is 11. The Morgan fingerprint density at radius 1 is 0.313 bits per heavy atom. The van der Waals surface area contributed by atoms with Gasteiger partial charge in [-0.05, 0) is 119 Å². The molecule has 310 valence electrons. The van der Waals surface area contributed by atoms with E-state index in [9.17, 15) is 0 Å². The van der Waals surface area contributed by atoms with Crippen molar-refractivity contribution >= 4 is 65.0 Å². The number of para-hydroxylation sites is 1. The van der Waals surface area contributed by atoms with Gasteiger partial charge in [-0.15, -0.1) is 0 Å². The molecule has 67 heavy (non-hydrogen) atoms. The number of hydrogen-bond donors (Lipinski definition) is 0. The lowest BCUT2D eigenvalue weighted by Gasteiger charge is -2.34. The first-order chi connectivity index (χ1) is 33.3. The SMILES string of the molecule is c1ccc(C2(c3ccccc3)c3ccccc3-c3cc4c(-c5cccc(-c6c7ccccc7c(-c7ccnc8c7ccc7cccnc78)c7ccccc67)c5)nc5ccccc5c4cc32)cc1. The topological polar surface area (TPSA) is 38.7 Å². The highest BCUT2D eigenvalue weighted by molar-refractivity contribution is 6.24. The van der Waals surface area contributed by atoms with E-state index >= 15 is 0 Å². The van der Waals surface area contributed by atoms with Gasteiger partial charge in [-0.2, -0.15) is 0 Å². The average molecular weight is 850 g/mol. The molecule has 3 nitrogen and oxygen atoms in total. The van der Waals surface area contributed by atoms with E-state index in [0.29, 0.717) is 0 Å². The molecule has 3 heteroatoms.